The maximum absolute atomic E-state index is 4.77. The molecule has 132 valence electrons. The predicted molar refractivity (Wildman–Crippen MR) is 111 cm³/mol. The van der Waals surface area contributed by atoms with Gasteiger partial charge in [0.15, 0.2) is 0 Å². The van der Waals surface area contributed by atoms with Gasteiger partial charge in [0, 0.05) is 0 Å². The maximum atomic E-state index is 4.77. The van der Waals surface area contributed by atoms with E-state index in [0.717, 1.165) is 0 Å². The number of hydrogen-bond acceptors (Lipinski definition) is 1. The Hall–Kier alpha value is 0.166. The molecule has 0 unspecified atom stereocenters. The molecule has 1 aromatic rings. The third-order valence-electron chi connectivity index (χ3n) is 5.36. The van der Waals surface area contributed by atoms with Crippen LogP contribution in [-0.4, -0.2) is 31.4 Å². The third-order valence-corrected chi connectivity index (χ3v) is 34.8. The Morgan fingerprint density at radius 3 is 1.78 bits per heavy atom. The number of nitrogens with zero attached hydrogens (tertiary/aromatic N) is 1. The van der Waals surface area contributed by atoms with Crippen LogP contribution in [0.2, 0.25) is 30.5 Å². The van der Waals surface area contributed by atoms with E-state index in [4.69, 9.17) is 4.98 Å². The van der Waals surface area contributed by atoms with Crippen molar-refractivity contribution in [3.63, 3.8) is 0 Å². The summed E-state index contributed by atoms with van der Waals surface area (Å²) in [5.74, 6) is 0. The summed E-state index contributed by atoms with van der Waals surface area (Å²) in [5, 5.41) is 1.45. The third kappa shape index (κ3) is 7.29. The molecule has 0 bridgehead atoms. The van der Waals surface area contributed by atoms with Crippen molar-refractivity contribution in [2.75, 3.05) is 0 Å². The second-order valence-electron chi connectivity index (χ2n) is 8.09. The van der Waals surface area contributed by atoms with Crippen LogP contribution in [0.5, 0.6) is 0 Å². The van der Waals surface area contributed by atoms with E-state index in [0.29, 0.717) is 0 Å². The van der Waals surface area contributed by atoms with Crippen molar-refractivity contribution in [1.82, 2.24) is 4.98 Å². The van der Waals surface area contributed by atoms with Crippen molar-refractivity contribution in [3.05, 3.63) is 24.4 Å². The molecule has 1 nitrogen and oxygen atoms in total. The van der Waals surface area contributed by atoms with Crippen molar-refractivity contribution >= 4 is 31.8 Å². The molecule has 0 amide bonds. The number of rotatable bonds is 12. The van der Waals surface area contributed by atoms with Crippen LogP contribution in [0.25, 0.3) is 0 Å². The molecular formula is C20H39NSiSn. The van der Waals surface area contributed by atoms with Crippen LogP contribution in [0, 0.1) is 0 Å². The summed E-state index contributed by atoms with van der Waals surface area (Å²) in [6.07, 6.45) is 10.6. The average Bonchev–Trinajstić information content (AvgIpc) is 2.56. The Bertz CT molecular complexity index is 397. The van der Waals surface area contributed by atoms with Crippen LogP contribution in [0.3, 0.4) is 0 Å². The van der Waals surface area contributed by atoms with Gasteiger partial charge < -0.3 is 0 Å². The zero-order valence-electron chi connectivity index (χ0n) is 16.3. The first-order valence-corrected chi connectivity index (χ1v) is 21.2. The Morgan fingerprint density at radius 2 is 1.39 bits per heavy atom. The molecule has 0 N–H and O–H groups in total. The normalized spacial score (nSPS) is 12.6. The molecule has 1 aromatic heterocycles. The average molecular weight is 440 g/mol. The first-order chi connectivity index (χ1) is 11.0. The summed E-state index contributed by atoms with van der Waals surface area (Å²) < 4.78 is 6.52. The van der Waals surface area contributed by atoms with Crippen molar-refractivity contribution in [3.8, 4) is 0 Å². The van der Waals surface area contributed by atoms with Crippen molar-refractivity contribution < 1.29 is 0 Å². The van der Waals surface area contributed by atoms with E-state index in [-0.39, 0.29) is 0 Å². The van der Waals surface area contributed by atoms with E-state index in [9.17, 15) is 0 Å². The molecule has 0 aromatic carbocycles. The van der Waals surface area contributed by atoms with Gasteiger partial charge in [-0.3, -0.25) is 0 Å². The summed E-state index contributed by atoms with van der Waals surface area (Å²) in [6, 6.07) is 6.57. The summed E-state index contributed by atoms with van der Waals surface area (Å²) in [4.78, 5) is 4.77. The van der Waals surface area contributed by atoms with Gasteiger partial charge in [-0.05, 0) is 0 Å². The molecule has 1 heterocycles. The number of pyridine rings is 1. The molecule has 0 saturated heterocycles. The topological polar surface area (TPSA) is 12.9 Å². The number of unbranched alkanes of at least 4 members (excludes halogenated alkanes) is 3. The van der Waals surface area contributed by atoms with Gasteiger partial charge in [0.1, 0.15) is 0 Å². The monoisotopic (exact) mass is 441 g/mol. The van der Waals surface area contributed by atoms with E-state index in [1.807, 2.05) is 6.20 Å². The number of aromatic nitrogens is 1. The Kier molecular flexibility index (Phi) is 10.1. The van der Waals surface area contributed by atoms with E-state index in [1.54, 1.807) is 17.4 Å². The molecule has 0 fully saturated rings. The zero-order chi connectivity index (χ0) is 17.2. The second-order valence-corrected chi connectivity index (χ2v) is 28.6. The van der Waals surface area contributed by atoms with E-state index >= 15 is 0 Å². The van der Waals surface area contributed by atoms with Gasteiger partial charge in [0.25, 0.3) is 0 Å². The van der Waals surface area contributed by atoms with Gasteiger partial charge in [0.05, 0.1) is 0 Å². The molecule has 0 aliphatic rings. The fourth-order valence-corrected chi connectivity index (χ4v) is 41.4. The minimum absolute atomic E-state index is 1.38. The van der Waals surface area contributed by atoms with Crippen LogP contribution in [0.1, 0.15) is 59.3 Å². The molecule has 0 saturated carbocycles. The molecular weight excluding hydrogens is 401 g/mol. The van der Waals surface area contributed by atoms with Gasteiger partial charge >= 0.3 is 151 Å². The molecule has 23 heavy (non-hydrogen) atoms. The summed E-state index contributed by atoms with van der Waals surface area (Å²) in [6.45, 7) is 12.3. The fraction of sp³-hybridized carbons (Fsp3) is 0.750. The van der Waals surface area contributed by atoms with Gasteiger partial charge in [-0.25, -0.2) is 0 Å². The predicted octanol–water partition coefficient (Wildman–Crippen LogP) is 6.39. The Morgan fingerprint density at radius 1 is 0.870 bits per heavy atom. The quantitative estimate of drug-likeness (QED) is 0.344. The molecule has 0 spiro atoms. The molecule has 0 aliphatic carbocycles. The number of hydrogen-bond donors (Lipinski definition) is 0. The van der Waals surface area contributed by atoms with E-state index in [1.165, 1.54) is 43.8 Å². The van der Waals surface area contributed by atoms with Crippen LogP contribution >= 0.6 is 0 Å². The Balaban J connectivity index is 2.99. The molecule has 1 rings (SSSR count). The van der Waals surface area contributed by atoms with Gasteiger partial charge in [-0.1, -0.05) is 0 Å². The Labute approximate surface area is 150 Å². The molecule has 3 heteroatoms. The fourth-order valence-electron chi connectivity index (χ4n) is 4.09. The van der Waals surface area contributed by atoms with Gasteiger partial charge in [0.2, 0.25) is 0 Å². The zero-order valence-corrected chi connectivity index (χ0v) is 20.2. The van der Waals surface area contributed by atoms with Crippen molar-refractivity contribution in [2.45, 2.75) is 89.8 Å². The molecule has 0 atom stereocenters. The van der Waals surface area contributed by atoms with Crippen molar-refractivity contribution in [2.24, 2.45) is 0 Å². The second kappa shape index (κ2) is 10.9. The summed E-state index contributed by atoms with van der Waals surface area (Å²) in [5.41, 5.74) is 0. The summed E-state index contributed by atoms with van der Waals surface area (Å²) >= 11 is -2.04. The van der Waals surface area contributed by atoms with Gasteiger partial charge in [-0.15, -0.1) is 0 Å². The van der Waals surface area contributed by atoms with Crippen LogP contribution in [0.15, 0.2) is 24.4 Å². The first-order valence-electron chi connectivity index (χ1n) is 9.91. The minimum atomic E-state index is -2.04. The molecule has 0 aliphatic heterocycles. The standard InChI is InChI=1S/C8H12NSi.3C4H9.Sn/c1-10(2,3)8-6-4-5-7-9-8;3*1-3-4-2;/h4-7H,1H2,2-3H3;3*1,3-4H2,2H3;. The van der Waals surface area contributed by atoms with Crippen molar-refractivity contribution in [1.29, 1.82) is 0 Å². The van der Waals surface area contributed by atoms with E-state index in [2.05, 4.69) is 52.1 Å². The molecule has 0 radical (unpaired) electrons. The van der Waals surface area contributed by atoms with E-state index < -0.39 is 26.5 Å². The van der Waals surface area contributed by atoms with Crippen LogP contribution < -0.4 is 5.32 Å². The van der Waals surface area contributed by atoms with Crippen LogP contribution in [-0.2, 0) is 0 Å². The summed E-state index contributed by atoms with van der Waals surface area (Å²) in [7, 11) is -1.38. The van der Waals surface area contributed by atoms with Crippen LogP contribution in [0.4, 0.5) is 0 Å². The SMILES string of the molecule is CCC[CH2][Sn]([CH2]CCC)([CH2]CCC)[CH2][Si](C)(C)c1ccccn1. The van der Waals surface area contributed by atoms with Gasteiger partial charge in [-0.2, -0.15) is 0 Å². The first kappa shape index (κ1) is 21.2.